The van der Waals surface area contributed by atoms with Crippen LogP contribution in [-0.2, 0) is 5.54 Å². The molecule has 0 saturated carbocycles. The van der Waals surface area contributed by atoms with Gasteiger partial charge >= 0.3 is 0 Å². The Balaban J connectivity index is 2.31. The van der Waals surface area contributed by atoms with Crippen LogP contribution in [-0.4, -0.2) is 24.6 Å². The first-order valence-electron chi connectivity index (χ1n) is 6.19. The van der Waals surface area contributed by atoms with Gasteiger partial charge in [-0.3, -0.25) is 0 Å². The number of thiazole rings is 1. The van der Waals surface area contributed by atoms with Crippen molar-refractivity contribution >= 4 is 11.3 Å². The highest BCUT2D eigenvalue weighted by Crippen LogP contribution is 2.37. The van der Waals surface area contributed by atoms with Crippen LogP contribution in [0, 0.1) is 5.92 Å². The zero-order valence-corrected chi connectivity index (χ0v) is 10.9. The van der Waals surface area contributed by atoms with Crippen molar-refractivity contribution in [2.45, 2.75) is 32.2 Å². The van der Waals surface area contributed by atoms with Crippen molar-refractivity contribution in [1.82, 2.24) is 15.6 Å². The molecular weight excluding hydrogens is 218 g/mol. The lowest BCUT2D eigenvalue weighted by atomic mass is 9.77. The predicted molar refractivity (Wildman–Crippen MR) is 68.7 cm³/mol. The molecule has 0 aliphatic carbocycles. The standard InChI is InChI=1S/C12H21N3S/c1-3-10-9-13-6-5-12(10,15-4-2)11-14-7-8-16-11/h7-8,10,13,15H,3-6,9H2,1-2H3. The first kappa shape index (κ1) is 12.0. The van der Waals surface area contributed by atoms with E-state index in [0.29, 0.717) is 5.92 Å². The van der Waals surface area contributed by atoms with Gasteiger partial charge in [0.25, 0.3) is 0 Å². The van der Waals surface area contributed by atoms with Gasteiger partial charge in [-0.2, -0.15) is 0 Å². The molecule has 1 fully saturated rings. The van der Waals surface area contributed by atoms with E-state index in [9.17, 15) is 0 Å². The van der Waals surface area contributed by atoms with E-state index < -0.39 is 0 Å². The van der Waals surface area contributed by atoms with Crippen LogP contribution in [0.15, 0.2) is 11.6 Å². The smallest absolute Gasteiger partial charge is 0.113 e. The Bertz CT molecular complexity index is 308. The van der Waals surface area contributed by atoms with Gasteiger partial charge in [0.1, 0.15) is 5.01 Å². The Kier molecular flexibility index (Phi) is 3.95. The number of rotatable bonds is 4. The number of hydrogen-bond donors (Lipinski definition) is 2. The third-order valence-electron chi connectivity index (χ3n) is 3.58. The Morgan fingerprint density at radius 3 is 3.12 bits per heavy atom. The van der Waals surface area contributed by atoms with E-state index in [1.807, 2.05) is 6.20 Å². The number of piperidine rings is 1. The molecule has 16 heavy (non-hydrogen) atoms. The fraction of sp³-hybridized carbons (Fsp3) is 0.750. The van der Waals surface area contributed by atoms with Crippen LogP contribution in [0.25, 0.3) is 0 Å². The molecule has 3 nitrogen and oxygen atoms in total. The third-order valence-corrected chi connectivity index (χ3v) is 4.53. The minimum Gasteiger partial charge on any atom is -0.316 e. The summed E-state index contributed by atoms with van der Waals surface area (Å²) in [5, 5.41) is 10.6. The lowest BCUT2D eigenvalue weighted by Gasteiger charge is -2.43. The molecule has 0 aromatic carbocycles. The predicted octanol–water partition coefficient (Wildman–Crippen LogP) is 1.97. The van der Waals surface area contributed by atoms with Crippen LogP contribution >= 0.6 is 11.3 Å². The first-order chi connectivity index (χ1) is 7.83. The van der Waals surface area contributed by atoms with E-state index in [0.717, 1.165) is 26.1 Å². The third kappa shape index (κ3) is 2.01. The molecule has 0 amide bonds. The largest absolute Gasteiger partial charge is 0.316 e. The molecule has 1 aromatic rings. The van der Waals surface area contributed by atoms with E-state index >= 15 is 0 Å². The lowest BCUT2D eigenvalue weighted by molar-refractivity contribution is 0.151. The molecule has 1 aromatic heterocycles. The fourth-order valence-corrected chi connectivity index (χ4v) is 3.71. The minimum absolute atomic E-state index is 0.114. The number of nitrogens with zero attached hydrogens (tertiary/aromatic N) is 1. The molecular formula is C12H21N3S. The summed E-state index contributed by atoms with van der Waals surface area (Å²) in [7, 11) is 0. The Morgan fingerprint density at radius 1 is 1.62 bits per heavy atom. The minimum atomic E-state index is 0.114. The summed E-state index contributed by atoms with van der Waals surface area (Å²) in [6.45, 7) is 7.66. The molecule has 2 atom stereocenters. The van der Waals surface area contributed by atoms with Gasteiger partial charge in [0.15, 0.2) is 0 Å². The van der Waals surface area contributed by atoms with Crippen LogP contribution in [0.1, 0.15) is 31.7 Å². The van der Waals surface area contributed by atoms with Crippen molar-refractivity contribution in [1.29, 1.82) is 0 Å². The molecule has 2 unspecified atom stereocenters. The average molecular weight is 239 g/mol. The van der Waals surface area contributed by atoms with Crippen molar-refractivity contribution in [2.75, 3.05) is 19.6 Å². The normalized spacial score (nSPS) is 30.5. The van der Waals surface area contributed by atoms with Gasteiger partial charge in [0.2, 0.25) is 0 Å². The van der Waals surface area contributed by atoms with Crippen molar-refractivity contribution in [3.05, 3.63) is 16.6 Å². The molecule has 0 radical (unpaired) electrons. The number of aromatic nitrogens is 1. The SMILES string of the molecule is CCNC1(c2nccs2)CCNCC1CC. The van der Waals surface area contributed by atoms with Gasteiger partial charge in [-0.15, -0.1) is 11.3 Å². The van der Waals surface area contributed by atoms with Crippen LogP contribution in [0.3, 0.4) is 0 Å². The summed E-state index contributed by atoms with van der Waals surface area (Å²) >= 11 is 1.79. The summed E-state index contributed by atoms with van der Waals surface area (Å²) in [4.78, 5) is 4.56. The fourth-order valence-electron chi connectivity index (χ4n) is 2.78. The highest BCUT2D eigenvalue weighted by molar-refractivity contribution is 7.09. The molecule has 0 spiro atoms. The van der Waals surface area contributed by atoms with Crippen LogP contribution < -0.4 is 10.6 Å². The van der Waals surface area contributed by atoms with Gasteiger partial charge in [-0.05, 0) is 31.8 Å². The highest BCUT2D eigenvalue weighted by atomic mass is 32.1. The summed E-state index contributed by atoms with van der Waals surface area (Å²) in [5.41, 5.74) is 0.114. The Hall–Kier alpha value is -0.450. The quantitative estimate of drug-likeness (QED) is 0.843. The molecule has 0 bridgehead atoms. The van der Waals surface area contributed by atoms with Crippen molar-refractivity contribution in [3.8, 4) is 0 Å². The zero-order chi connectivity index (χ0) is 11.4. The Labute approximate surface area is 102 Å². The summed E-state index contributed by atoms with van der Waals surface area (Å²) in [6, 6.07) is 0. The number of hydrogen-bond acceptors (Lipinski definition) is 4. The molecule has 1 saturated heterocycles. The monoisotopic (exact) mass is 239 g/mol. The van der Waals surface area contributed by atoms with Crippen LogP contribution in [0.2, 0.25) is 0 Å². The number of nitrogens with one attached hydrogen (secondary N) is 2. The van der Waals surface area contributed by atoms with E-state index in [1.54, 1.807) is 11.3 Å². The maximum atomic E-state index is 4.56. The van der Waals surface area contributed by atoms with Gasteiger partial charge in [-0.1, -0.05) is 13.8 Å². The van der Waals surface area contributed by atoms with E-state index in [4.69, 9.17) is 0 Å². The summed E-state index contributed by atoms with van der Waals surface area (Å²) in [6.07, 6.45) is 4.26. The van der Waals surface area contributed by atoms with Gasteiger partial charge < -0.3 is 10.6 Å². The van der Waals surface area contributed by atoms with Crippen molar-refractivity contribution in [2.24, 2.45) is 5.92 Å². The van der Waals surface area contributed by atoms with E-state index in [-0.39, 0.29) is 5.54 Å². The maximum Gasteiger partial charge on any atom is 0.113 e. The molecule has 90 valence electrons. The van der Waals surface area contributed by atoms with E-state index in [2.05, 4.69) is 34.8 Å². The van der Waals surface area contributed by atoms with Crippen molar-refractivity contribution in [3.63, 3.8) is 0 Å². The lowest BCUT2D eigenvalue weighted by Crippen LogP contribution is -2.56. The van der Waals surface area contributed by atoms with Crippen LogP contribution in [0.5, 0.6) is 0 Å². The summed E-state index contributed by atoms with van der Waals surface area (Å²) < 4.78 is 0. The average Bonchev–Trinajstić information content (AvgIpc) is 2.84. The second kappa shape index (κ2) is 5.25. The highest BCUT2D eigenvalue weighted by Gasteiger charge is 2.42. The van der Waals surface area contributed by atoms with Crippen molar-refractivity contribution < 1.29 is 0 Å². The topological polar surface area (TPSA) is 37.0 Å². The molecule has 1 aliphatic rings. The van der Waals surface area contributed by atoms with Crippen LogP contribution in [0.4, 0.5) is 0 Å². The molecule has 4 heteroatoms. The maximum absolute atomic E-state index is 4.56. The zero-order valence-electron chi connectivity index (χ0n) is 10.1. The second-order valence-electron chi connectivity index (χ2n) is 4.40. The molecule has 2 rings (SSSR count). The van der Waals surface area contributed by atoms with Gasteiger partial charge in [-0.25, -0.2) is 4.98 Å². The second-order valence-corrected chi connectivity index (χ2v) is 5.29. The van der Waals surface area contributed by atoms with Gasteiger partial charge in [0, 0.05) is 18.1 Å². The first-order valence-corrected chi connectivity index (χ1v) is 7.07. The van der Waals surface area contributed by atoms with Gasteiger partial charge in [0.05, 0.1) is 5.54 Å². The molecule has 2 heterocycles. The summed E-state index contributed by atoms with van der Waals surface area (Å²) in [5.74, 6) is 0.646. The van der Waals surface area contributed by atoms with E-state index in [1.165, 1.54) is 11.4 Å². The molecule has 1 aliphatic heterocycles. The Morgan fingerprint density at radius 2 is 2.50 bits per heavy atom. The molecule has 2 N–H and O–H groups in total.